The van der Waals surface area contributed by atoms with E-state index < -0.39 is 5.97 Å². The summed E-state index contributed by atoms with van der Waals surface area (Å²) in [7, 11) is 1.38. The minimum atomic E-state index is -0.949. The van der Waals surface area contributed by atoms with Crippen LogP contribution in [0.2, 0.25) is 20.1 Å². The van der Waals surface area contributed by atoms with Crippen molar-refractivity contribution in [2.75, 3.05) is 7.11 Å². The molecular formula is C41H37Cl4LiN2O5S2. The third-order valence-corrected chi connectivity index (χ3v) is 11.6. The van der Waals surface area contributed by atoms with Crippen molar-refractivity contribution >= 4 is 81.0 Å². The molecule has 0 fully saturated rings. The summed E-state index contributed by atoms with van der Waals surface area (Å²) in [5, 5.41) is 12.9. The maximum atomic E-state index is 11.8. The van der Waals surface area contributed by atoms with E-state index in [-0.39, 0.29) is 35.9 Å². The van der Waals surface area contributed by atoms with Gasteiger partial charge in [0, 0.05) is 32.0 Å². The van der Waals surface area contributed by atoms with E-state index in [1.807, 2.05) is 48.5 Å². The molecule has 55 heavy (non-hydrogen) atoms. The molecule has 0 unspecified atom stereocenters. The van der Waals surface area contributed by atoms with Gasteiger partial charge in [-0.3, -0.25) is 0 Å². The van der Waals surface area contributed by atoms with Crippen molar-refractivity contribution in [3.63, 3.8) is 0 Å². The predicted molar refractivity (Wildman–Crippen MR) is 223 cm³/mol. The summed E-state index contributed by atoms with van der Waals surface area (Å²) in [5.74, 6) is -0.354. The summed E-state index contributed by atoms with van der Waals surface area (Å²) in [6, 6.07) is 25.2. The number of hydrogen-bond donors (Lipinski definition) is 1. The van der Waals surface area contributed by atoms with Crippen molar-refractivity contribution in [3.05, 3.63) is 126 Å². The van der Waals surface area contributed by atoms with Crippen LogP contribution in [0.5, 0.6) is 0 Å². The van der Waals surface area contributed by atoms with Crippen LogP contribution >= 0.6 is 69.1 Å². The van der Waals surface area contributed by atoms with Crippen LogP contribution in [0.4, 0.5) is 0 Å². The number of hydrogen-bond acceptors (Lipinski definition) is 8. The molecule has 4 aromatic carbocycles. The largest absolute Gasteiger partial charge is 1.00 e. The molecule has 0 saturated heterocycles. The van der Waals surface area contributed by atoms with Gasteiger partial charge in [-0.05, 0) is 73.2 Å². The molecule has 2 N–H and O–H groups in total. The Morgan fingerprint density at radius 3 is 1.44 bits per heavy atom. The molecule has 0 amide bonds. The number of carbonyl (C=O) groups is 2. The van der Waals surface area contributed by atoms with Gasteiger partial charge < -0.3 is 15.3 Å². The molecule has 6 aromatic rings. The van der Waals surface area contributed by atoms with Gasteiger partial charge in [-0.15, -0.1) is 22.7 Å². The normalized spacial score (nSPS) is 10.7. The van der Waals surface area contributed by atoms with Crippen molar-refractivity contribution in [1.82, 2.24) is 9.97 Å². The van der Waals surface area contributed by atoms with E-state index in [9.17, 15) is 14.7 Å². The first-order chi connectivity index (χ1) is 25.2. The van der Waals surface area contributed by atoms with Crippen LogP contribution in [0, 0.1) is 11.8 Å². The van der Waals surface area contributed by atoms with Gasteiger partial charge in [0.05, 0.1) is 49.7 Å². The summed E-state index contributed by atoms with van der Waals surface area (Å²) < 4.78 is 4.82. The monoisotopic (exact) mass is 848 g/mol. The Labute approximate surface area is 361 Å². The molecule has 0 atom stereocenters. The Bertz CT molecular complexity index is 2280. The molecule has 0 radical (unpaired) electrons. The maximum Gasteiger partial charge on any atom is 1.00 e. The number of carbonyl (C=O) groups excluding carboxylic acids is 1. The third kappa shape index (κ3) is 11.9. The molecule has 0 spiro atoms. The van der Waals surface area contributed by atoms with E-state index in [2.05, 4.69) is 27.7 Å². The maximum absolute atomic E-state index is 11.8. The second-order valence-electron chi connectivity index (χ2n) is 13.0. The second kappa shape index (κ2) is 20.8. The number of thiazole rings is 2. The third-order valence-electron chi connectivity index (χ3n) is 7.86. The van der Waals surface area contributed by atoms with Gasteiger partial charge in [0.1, 0.15) is 10.0 Å². The fraction of sp³-hybridized carbons (Fsp3) is 0.220. The Morgan fingerprint density at radius 1 is 0.636 bits per heavy atom. The van der Waals surface area contributed by atoms with Gasteiger partial charge in [-0.25, -0.2) is 19.6 Å². The molecule has 0 aliphatic carbocycles. The van der Waals surface area contributed by atoms with E-state index in [0.717, 1.165) is 61.4 Å². The van der Waals surface area contributed by atoms with E-state index >= 15 is 0 Å². The fourth-order valence-corrected chi connectivity index (χ4v) is 8.57. The first-order valence-electron chi connectivity index (χ1n) is 16.7. The number of nitrogens with zero attached hydrogens (tertiary/aromatic N) is 2. The molecule has 0 bridgehead atoms. The van der Waals surface area contributed by atoms with Crippen molar-refractivity contribution in [2.45, 2.75) is 40.5 Å². The first kappa shape index (κ1) is 46.2. The Kier molecular flexibility index (Phi) is 17.5. The van der Waals surface area contributed by atoms with Crippen LogP contribution in [0.25, 0.3) is 43.7 Å². The SMILES string of the molecule is CC(C)Cc1sc(-c2cccc(C(=O)O)c2)nc1-c1ccc(Cl)c(Cl)c1.COC(=O)c1cccc(-c2nc(-c3ccc(Cl)c(Cl)c3)c(CC(C)C)s2)c1.[Li+].[OH-]. The topological polar surface area (TPSA) is 119 Å². The van der Waals surface area contributed by atoms with Crippen LogP contribution in [0.1, 0.15) is 58.2 Å². The minimum absolute atomic E-state index is 0. The van der Waals surface area contributed by atoms with Crippen LogP contribution in [0.15, 0.2) is 84.9 Å². The van der Waals surface area contributed by atoms with E-state index in [1.54, 1.807) is 59.1 Å². The number of rotatable bonds is 10. The van der Waals surface area contributed by atoms with Crippen molar-refractivity contribution < 1.29 is 43.8 Å². The number of carboxylic acids is 1. The smallest absolute Gasteiger partial charge is 0.870 e. The number of benzene rings is 4. The number of halogens is 4. The van der Waals surface area contributed by atoms with Crippen molar-refractivity contribution in [1.29, 1.82) is 0 Å². The van der Waals surface area contributed by atoms with Gasteiger partial charge in [0.2, 0.25) is 0 Å². The van der Waals surface area contributed by atoms with Crippen LogP contribution in [0.3, 0.4) is 0 Å². The second-order valence-corrected chi connectivity index (χ2v) is 16.8. The molecular weight excluding hydrogens is 813 g/mol. The number of aromatic nitrogens is 2. The predicted octanol–water partition coefficient (Wildman–Crippen LogP) is 10.3. The summed E-state index contributed by atoms with van der Waals surface area (Å²) in [6.45, 7) is 8.66. The molecule has 7 nitrogen and oxygen atoms in total. The number of ether oxygens (including phenoxy) is 1. The first-order valence-corrected chi connectivity index (χ1v) is 19.8. The average molecular weight is 851 g/mol. The standard InChI is InChI=1S/C21H19Cl2NO2S.C20H17Cl2NO2S.Li.H2O/c1-12(2)9-18-19(13-7-8-16(22)17(23)11-13)24-20(27-18)14-5-4-6-15(10-14)21(25)26-3;1-11(2)8-17-18(12-6-7-15(21)16(22)10-12)23-19(26-17)13-4-3-5-14(9-13)20(24)25;;/h4-8,10-12H,9H2,1-3H3;3-7,9-11H,8H2,1-2H3,(H,24,25);;1H2/q;;+1;/p-1. The molecule has 282 valence electrons. The minimum Gasteiger partial charge on any atom is -0.870 e. The number of esters is 1. The summed E-state index contributed by atoms with van der Waals surface area (Å²) in [5.41, 5.74) is 6.07. The molecule has 0 aliphatic rings. The zero-order chi connectivity index (χ0) is 38.4. The van der Waals surface area contributed by atoms with Crippen molar-refractivity contribution in [3.8, 4) is 43.7 Å². The van der Waals surface area contributed by atoms with E-state index in [0.29, 0.717) is 37.5 Å². The van der Waals surface area contributed by atoms with E-state index in [4.69, 9.17) is 61.1 Å². The Morgan fingerprint density at radius 2 is 1.05 bits per heavy atom. The van der Waals surface area contributed by atoms with Gasteiger partial charge in [0.15, 0.2) is 0 Å². The molecule has 6 rings (SSSR count). The summed E-state index contributed by atoms with van der Waals surface area (Å²) >= 11 is 27.7. The quantitative estimate of drug-likeness (QED) is 0.108. The van der Waals surface area contributed by atoms with E-state index in [1.165, 1.54) is 12.0 Å². The molecule has 14 heteroatoms. The van der Waals surface area contributed by atoms with Gasteiger partial charge >= 0.3 is 30.8 Å². The number of methoxy groups -OCH3 is 1. The van der Waals surface area contributed by atoms with Gasteiger partial charge in [0.25, 0.3) is 0 Å². The van der Waals surface area contributed by atoms with Crippen LogP contribution in [-0.4, -0.2) is 39.6 Å². The van der Waals surface area contributed by atoms with Crippen molar-refractivity contribution in [2.24, 2.45) is 11.8 Å². The molecule has 0 saturated carbocycles. The van der Waals surface area contributed by atoms with Gasteiger partial charge in [-0.2, -0.15) is 0 Å². The molecule has 2 heterocycles. The molecule has 2 aromatic heterocycles. The summed E-state index contributed by atoms with van der Waals surface area (Å²) in [6.07, 6.45) is 1.79. The fourth-order valence-electron chi connectivity index (χ4n) is 5.39. The van der Waals surface area contributed by atoms with Crippen LogP contribution in [-0.2, 0) is 17.6 Å². The zero-order valence-electron chi connectivity index (χ0n) is 31.0. The number of aromatic carboxylic acids is 1. The number of carboxylic acid groups (broad SMARTS) is 1. The Balaban J connectivity index is 0.000000285. The van der Waals surface area contributed by atoms with Gasteiger partial charge in [-0.1, -0.05) is 110 Å². The molecule has 0 aliphatic heterocycles. The Hall–Kier alpha value is -3.20. The summed E-state index contributed by atoms with van der Waals surface area (Å²) in [4.78, 5) is 35.1. The zero-order valence-corrected chi connectivity index (χ0v) is 35.7. The average Bonchev–Trinajstić information content (AvgIpc) is 3.74. The van der Waals surface area contributed by atoms with Crippen LogP contribution < -0.4 is 18.9 Å².